The van der Waals surface area contributed by atoms with Crippen molar-refractivity contribution >= 4 is 9.84 Å². The highest BCUT2D eigenvalue weighted by Crippen LogP contribution is 2.41. The monoisotopic (exact) mass is 189 g/mol. The molecule has 2 aliphatic heterocycles. The van der Waals surface area contributed by atoms with E-state index in [1.165, 1.54) is 0 Å². The topological polar surface area (TPSA) is 37.4 Å². The molecule has 0 saturated carbocycles. The van der Waals surface area contributed by atoms with Gasteiger partial charge in [0.05, 0.1) is 10.5 Å². The molecule has 2 fully saturated rings. The number of nitrogens with zero attached hydrogens (tertiary/aromatic N) is 1. The minimum Gasteiger partial charge on any atom is -0.300 e. The van der Waals surface area contributed by atoms with Gasteiger partial charge in [0.25, 0.3) is 0 Å². The Morgan fingerprint density at radius 1 is 1.42 bits per heavy atom. The van der Waals surface area contributed by atoms with Crippen LogP contribution in [0.2, 0.25) is 0 Å². The van der Waals surface area contributed by atoms with E-state index in [0.29, 0.717) is 5.75 Å². The van der Waals surface area contributed by atoms with Crippen molar-refractivity contribution in [2.24, 2.45) is 0 Å². The summed E-state index contributed by atoms with van der Waals surface area (Å²) in [7, 11) is -2.68. The molecule has 4 heteroatoms. The molecule has 0 aliphatic carbocycles. The summed E-state index contributed by atoms with van der Waals surface area (Å²) >= 11 is 0. The Kier molecular flexibility index (Phi) is 1.74. The van der Waals surface area contributed by atoms with Gasteiger partial charge in [-0.05, 0) is 19.4 Å². The maximum absolute atomic E-state index is 11.3. The van der Waals surface area contributed by atoms with Gasteiger partial charge in [-0.2, -0.15) is 0 Å². The molecule has 0 aromatic heterocycles. The molecule has 0 aromatic rings. The van der Waals surface area contributed by atoms with Crippen LogP contribution in [0.15, 0.2) is 0 Å². The van der Waals surface area contributed by atoms with Crippen molar-refractivity contribution in [3.8, 4) is 0 Å². The molecule has 1 spiro atoms. The highest BCUT2D eigenvalue weighted by molar-refractivity contribution is 7.94. The zero-order valence-electron chi connectivity index (χ0n) is 7.41. The first-order valence-electron chi connectivity index (χ1n) is 4.54. The van der Waals surface area contributed by atoms with Crippen LogP contribution in [-0.4, -0.2) is 43.5 Å². The lowest BCUT2D eigenvalue weighted by atomic mass is 9.94. The SMILES string of the molecule is CCCN1CC2(CCS2(=O)=O)C1. The number of likely N-dealkylation sites (tertiary alicyclic amines) is 1. The molecule has 2 heterocycles. The normalized spacial score (nSPS) is 31.1. The molecule has 3 nitrogen and oxygen atoms in total. The molecule has 0 amide bonds. The van der Waals surface area contributed by atoms with E-state index < -0.39 is 9.84 Å². The highest BCUT2D eigenvalue weighted by Gasteiger charge is 2.58. The average molecular weight is 189 g/mol. The van der Waals surface area contributed by atoms with Gasteiger partial charge in [0, 0.05) is 13.1 Å². The molecule has 2 aliphatic rings. The van der Waals surface area contributed by atoms with Gasteiger partial charge in [0.2, 0.25) is 0 Å². The van der Waals surface area contributed by atoms with Crippen LogP contribution in [0.1, 0.15) is 19.8 Å². The fourth-order valence-corrected chi connectivity index (χ4v) is 4.03. The molecule has 0 bridgehead atoms. The Bertz CT molecular complexity index is 277. The van der Waals surface area contributed by atoms with E-state index in [0.717, 1.165) is 32.5 Å². The molecule has 0 atom stereocenters. The summed E-state index contributed by atoms with van der Waals surface area (Å²) in [6, 6.07) is 0. The molecular formula is C8H15NO2S. The van der Waals surface area contributed by atoms with Gasteiger partial charge in [-0.3, -0.25) is 0 Å². The van der Waals surface area contributed by atoms with Gasteiger partial charge in [0.1, 0.15) is 0 Å². The smallest absolute Gasteiger partial charge is 0.158 e. The third-order valence-corrected chi connectivity index (χ3v) is 5.57. The Hall–Kier alpha value is -0.0900. The Labute approximate surface area is 73.7 Å². The van der Waals surface area contributed by atoms with Crippen molar-refractivity contribution < 1.29 is 8.42 Å². The zero-order chi connectivity index (χ0) is 8.82. The second-order valence-corrected chi connectivity index (χ2v) is 6.47. The third kappa shape index (κ3) is 0.941. The second kappa shape index (κ2) is 2.45. The number of sulfone groups is 1. The van der Waals surface area contributed by atoms with Crippen LogP contribution in [-0.2, 0) is 9.84 Å². The number of rotatable bonds is 2. The van der Waals surface area contributed by atoms with Crippen LogP contribution in [0.5, 0.6) is 0 Å². The summed E-state index contributed by atoms with van der Waals surface area (Å²) in [6.45, 7) is 4.77. The maximum Gasteiger partial charge on any atom is 0.158 e. The second-order valence-electron chi connectivity index (χ2n) is 3.96. The van der Waals surface area contributed by atoms with Crippen molar-refractivity contribution in [2.75, 3.05) is 25.4 Å². The van der Waals surface area contributed by atoms with E-state index in [9.17, 15) is 8.42 Å². The van der Waals surface area contributed by atoms with Crippen LogP contribution in [0.3, 0.4) is 0 Å². The van der Waals surface area contributed by atoms with E-state index in [1.807, 2.05) is 0 Å². The molecule has 70 valence electrons. The van der Waals surface area contributed by atoms with Gasteiger partial charge in [0.15, 0.2) is 9.84 Å². The van der Waals surface area contributed by atoms with Crippen molar-refractivity contribution in [1.29, 1.82) is 0 Å². The van der Waals surface area contributed by atoms with Gasteiger partial charge >= 0.3 is 0 Å². The standard InChI is InChI=1S/C8H15NO2S/c1-2-4-9-6-8(7-9)3-5-12(8,10)11/h2-7H2,1H3. The van der Waals surface area contributed by atoms with E-state index in [1.54, 1.807) is 0 Å². The van der Waals surface area contributed by atoms with Gasteiger partial charge in [-0.25, -0.2) is 8.42 Å². The van der Waals surface area contributed by atoms with Crippen LogP contribution in [0, 0.1) is 0 Å². The van der Waals surface area contributed by atoms with Crippen molar-refractivity contribution in [3.05, 3.63) is 0 Å². The van der Waals surface area contributed by atoms with Gasteiger partial charge in [-0.1, -0.05) is 6.92 Å². The summed E-state index contributed by atoms with van der Waals surface area (Å²) < 4.78 is 22.4. The summed E-state index contributed by atoms with van der Waals surface area (Å²) in [5.41, 5.74) is 0. The molecule has 0 radical (unpaired) electrons. The van der Waals surface area contributed by atoms with Crippen LogP contribution >= 0.6 is 0 Å². The summed E-state index contributed by atoms with van der Waals surface area (Å²) in [4.78, 5) is 2.23. The van der Waals surface area contributed by atoms with Crippen molar-refractivity contribution in [1.82, 2.24) is 4.90 Å². The lowest BCUT2D eigenvalue weighted by Crippen LogP contribution is -2.71. The molecule has 0 aromatic carbocycles. The Morgan fingerprint density at radius 2 is 2.08 bits per heavy atom. The van der Waals surface area contributed by atoms with E-state index in [4.69, 9.17) is 0 Å². The lowest BCUT2D eigenvalue weighted by molar-refractivity contribution is 0.106. The molecular weight excluding hydrogens is 174 g/mol. The predicted molar refractivity (Wildman–Crippen MR) is 47.9 cm³/mol. The average Bonchev–Trinajstić information content (AvgIpc) is 1.93. The summed E-state index contributed by atoms with van der Waals surface area (Å²) in [5.74, 6) is 0.424. The quantitative estimate of drug-likeness (QED) is 0.625. The molecule has 2 saturated heterocycles. The van der Waals surface area contributed by atoms with Crippen LogP contribution in [0.4, 0.5) is 0 Å². The Morgan fingerprint density at radius 3 is 2.42 bits per heavy atom. The third-order valence-electron chi connectivity index (χ3n) is 3.05. The minimum atomic E-state index is -2.68. The minimum absolute atomic E-state index is 0.290. The fourth-order valence-electron chi connectivity index (χ4n) is 2.16. The molecule has 2 rings (SSSR count). The van der Waals surface area contributed by atoms with Crippen LogP contribution < -0.4 is 0 Å². The highest BCUT2D eigenvalue weighted by atomic mass is 32.2. The molecule has 12 heavy (non-hydrogen) atoms. The first-order chi connectivity index (χ1) is 5.60. The first kappa shape index (κ1) is 8.51. The van der Waals surface area contributed by atoms with Gasteiger partial charge in [-0.15, -0.1) is 0 Å². The Balaban J connectivity index is 1.96. The van der Waals surface area contributed by atoms with Crippen molar-refractivity contribution in [3.63, 3.8) is 0 Å². The number of hydrogen-bond donors (Lipinski definition) is 0. The van der Waals surface area contributed by atoms with Gasteiger partial charge < -0.3 is 4.90 Å². The summed E-state index contributed by atoms with van der Waals surface area (Å²) in [6.07, 6.45) is 2.02. The molecule has 0 N–H and O–H groups in total. The predicted octanol–water partition coefficient (Wildman–Crippen LogP) is 0.269. The van der Waals surface area contributed by atoms with Crippen LogP contribution in [0.25, 0.3) is 0 Å². The maximum atomic E-state index is 11.3. The summed E-state index contributed by atoms with van der Waals surface area (Å²) in [5, 5.41) is 0. The van der Waals surface area contributed by atoms with E-state index in [-0.39, 0.29) is 4.75 Å². The van der Waals surface area contributed by atoms with Crippen molar-refractivity contribution in [2.45, 2.75) is 24.5 Å². The first-order valence-corrected chi connectivity index (χ1v) is 6.19. The van der Waals surface area contributed by atoms with E-state index in [2.05, 4.69) is 11.8 Å². The fraction of sp³-hybridized carbons (Fsp3) is 1.00. The largest absolute Gasteiger partial charge is 0.300 e. The molecule has 0 unspecified atom stereocenters. The number of hydrogen-bond acceptors (Lipinski definition) is 3. The van der Waals surface area contributed by atoms with E-state index >= 15 is 0 Å². The zero-order valence-corrected chi connectivity index (χ0v) is 8.23. The lowest BCUT2D eigenvalue weighted by Gasteiger charge is -2.54.